The van der Waals surface area contributed by atoms with Gasteiger partial charge in [0.1, 0.15) is 12.4 Å². The van der Waals surface area contributed by atoms with E-state index in [9.17, 15) is 9.18 Å². The number of imidazole rings is 1. The van der Waals surface area contributed by atoms with Crippen LogP contribution in [0.3, 0.4) is 0 Å². The molecule has 0 aliphatic carbocycles. The van der Waals surface area contributed by atoms with Crippen molar-refractivity contribution in [2.45, 2.75) is 13.0 Å². The molecule has 7 nitrogen and oxygen atoms in total. The first-order valence-electron chi connectivity index (χ1n) is 11.1. The fourth-order valence-electron chi connectivity index (χ4n) is 4.10. The number of rotatable bonds is 7. The highest BCUT2D eigenvalue weighted by Crippen LogP contribution is 2.40. The van der Waals surface area contributed by atoms with Gasteiger partial charge in [-0.25, -0.2) is 9.37 Å². The zero-order chi connectivity index (χ0) is 23.3. The molecule has 0 unspecified atom stereocenters. The van der Waals surface area contributed by atoms with Gasteiger partial charge in [0.25, 0.3) is 5.91 Å². The third-order valence-corrected chi connectivity index (χ3v) is 5.78. The number of carbonyl (C=O) groups excluding carboxylic acids is 1. The lowest BCUT2D eigenvalue weighted by Crippen LogP contribution is -2.34. The van der Waals surface area contributed by atoms with Crippen molar-refractivity contribution < 1.29 is 13.9 Å². The van der Waals surface area contributed by atoms with E-state index < -0.39 is 0 Å². The first-order chi connectivity index (χ1) is 16.7. The number of fused-ring (bicyclic) bond motifs is 1. The van der Waals surface area contributed by atoms with E-state index >= 15 is 0 Å². The highest BCUT2D eigenvalue weighted by molar-refractivity contribution is 6.01. The van der Waals surface area contributed by atoms with Gasteiger partial charge >= 0.3 is 0 Å². The predicted molar refractivity (Wildman–Crippen MR) is 127 cm³/mol. The van der Waals surface area contributed by atoms with E-state index in [1.165, 1.54) is 6.07 Å². The summed E-state index contributed by atoms with van der Waals surface area (Å²) in [6, 6.07) is 14.1. The monoisotopic (exact) mass is 457 g/mol. The number of nitrogens with zero attached hydrogens (tertiary/aromatic N) is 3. The molecule has 2 N–H and O–H groups in total. The Morgan fingerprint density at radius 2 is 2.06 bits per heavy atom. The molecule has 1 aliphatic rings. The Bertz CT molecular complexity index is 1280. The average Bonchev–Trinajstić information content (AvgIpc) is 3.38. The van der Waals surface area contributed by atoms with Crippen molar-refractivity contribution in [3.05, 3.63) is 96.1 Å². The maximum atomic E-state index is 14.7. The van der Waals surface area contributed by atoms with Crippen LogP contribution in [-0.4, -0.2) is 40.6 Å². The molecule has 34 heavy (non-hydrogen) atoms. The van der Waals surface area contributed by atoms with Crippen molar-refractivity contribution in [3.8, 4) is 16.9 Å². The van der Waals surface area contributed by atoms with Crippen LogP contribution in [0.5, 0.6) is 5.75 Å². The third kappa shape index (κ3) is 4.61. The summed E-state index contributed by atoms with van der Waals surface area (Å²) in [5, 5.41) is 2.96. The number of anilines is 1. The van der Waals surface area contributed by atoms with Crippen LogP contribution >= 0.6 is 0 Å². The maximum absolute atomic E-state index is 14.7. The summed E-state index contributed by atoms with van der Waals surface area (Å²) in [7, 11) is 0. The number of benzene rings is 2. The normalized spacial score (nSPS) is 12.7. The smallest absolute Gasteiger partial charge is 0.255 e. The van der Waals surface area contributed by atoms with E-state index in [0.29, 0.717) is 55.1 Å². The number of pyridine rings is 1. The first kappa shape index (κ1) is 21.6. The number of aromatic amines is 1. The van der Waals surface area contributed by atoms with Gasteiger partial charge in [0.05, 0.1) is 24.1 Å². The lowest BCUT2D eigenvalue weighted by Gasteiger charge is -2.33. The molecule has 0 saturated carbocycles. The van der Waals surface area contributed by atoms with E-state index in [2.05, 4.69) is 25.2 Å². The number of halogens is 1. The Labute approximate surface area is 196 Å². The van der Waals surface area contributed by atoms with E-state index in [1.807, 2.05) is 24.4 Å². The van der Waals surface area contributed by atoms with Crippen LogP contribution < -0.4 is 15.0 Å². The average molecular weight is 458 g/mol. The number of nitrogens with one attached hydrogen (secondary N) is 2. The zero-order valence-electron chi connectivity index (χ0n) is 18.5. The summed E-state index contributed by atoms with van der Waals surface area (Å²) in [5.41, 5.74) is 4.17. The van der Waals surface area contributed by atoms with Gasteiger partial charge in [0.2, 0.25) is 0 Å². The van der Waals surface area contributed by atoms with Gasteiger partial charge in [0, 0.05) is 49.4 Å². The lowest BCUT2D eigenvalue weighted by molar-refractivity contribution is 0.0949. The minimum Gasteiger partial charge on any atom is -0.489 e. The van der Waals surface area contributed by atoms with E-state index in [-0.39, 0.29) is 11.7 Å². The molecule has 1 aliphatic heterocycles. The Morgan fingerprint density at radius 3 is 2.85 bits per heavy atom. The van der Waals surface area contributed by atoms with Crippen molar-refractivity contribution in [2.24, 2.45) is 0 Å². The third-order valence-electron chi connectivity index (χ3n) is 5.78. The van der Waals surface area contributed by atoms with E-state index in [1.54, 1.807) is 43.0 Å². The Hall–Kier alpha value is -4.20. The van der Waals surface area contributed by atoms with Crippen LogP contribution in [0.1, 0.15) is 21.6 Å². The SMILES string of the molecule is O=C(NCCc1cnc[nH]1)c1cc(-c2ccccc2F)cc2c1OCCN2Cc1cccnc1. The number of aromatic nitrogens is 3. The molecule has 0 atom stereocenters. The summed E-state index contributed by atoms with van der Waals surface area (Å²) in [4.78, 5) is 26.6. The molecule has 8 heteroatoms. The largest absolute Gasteiger partial charge is 0.489 e. The molecule has 0 fully saturated rings. The summed E-state index contributed by atoms with van der Waals surface area (Å²) >= 11 is 0. The predicted octanol–water partition coefficient (Wildman–Crippen LogP) is 3.98. The fourth-order valence-corrected chi connectivity index (χ4v) is 4.10. The molecule has 1 amide bonds. The molecule has 2 aromatic heterocycles. The molecule has 2 aromatic carbocycles. The molecule has 4 aromatic rings. The lowest BCUT2D eigenvalue weighted by atomic mass is 9.98. The number of H-pyrrole nitrogens is 1. The van der Waals surface area contributed by atoms with E-state index in [4.69, 9.17) is 4.74 Å². The second-order valence-electron chi connectivity index (χ2n) is 8.07. The molecule has 0 radical (unpaired) electrons. The number of amides is 1. The van der Waals surface area contributed by atoms with Gasteiger partial charge < -0.3 is 19.9 Å². The number of ether oxygens (including phenoxy) is 1. The first-order valence-corrected chi connectivity index (χ1v) is 11.1. The summed E-state index contributed by atoms with van der Waals surface area (Å²) in [5.74, 6) is -0.102. The molecule has 0 bridgehead atoms. The van der Waals surface area contributed by atoms with Crippen molar-refractivity contribution in [3.63, 3.8) is 0 Å². The van der Waals surface area contributed by atoms with Gasteiger partial charge in [-0.05, 0) is 35.4 Å². The summed E-state index contributed by atoms with van der Waals surface area (Å²) < 4.78 is 20.7. The van der Waals surface area contributed by atoms with Gasteiger partial charge in [0.15, 0.2) is 5.75 Å². The van der Waals surface area contributed by atoms with Gasteiger partial charge in [-0.15, -0.1) is 0 Å². The summed E-state index contributed by atoms with van der Waals surface area (Å²) in [6.07, 6.45) is 7.51. The maximum Gasteiger partial charge on any atom is 0.255 e. The highest BCUT2D eigenvalue weighted by Gasteiger charge is 2.26. The summed E-state index contributed by atoms with van der Waals surface area (Å²) in [6.45, 7) is 2.12. The second-order valence-corrected chi connectivity index (χ2v) is 8.07. The second kappa shape index (κ2) is 9.74. The zero-order valence-corrected chi connectivity index (χ0v) is 18.5. The Balaban J connectivity index is 1.50. The van der Waals surface area contributed by atoms with Crippen LogP contribution in [0.4, 0.5) is 10.1 Å². The van der Waals surface area contributed by atoms with Crippen LogP contribution in [0.25, 0.3) is 11.1 Å². The van der Waals surface area contributed by atoms with Gasteiger partial charge in [-0.3, -0.25) is 9.78 Å². The van der Waals surface area contributed by atoms with Crippen molar-refractivity contribution >= 4 is 11.6 Å². The number of hydrogen-bond acceptors (Lipinski definition) is 5. The van der Waals surface area contributed by atoms with Crippen molar-refractivity contribution in [1.29, 1.82) is 0 Å². The molecule has 3 heterocycles. The minimum atomic E-state index is -0.344. The quantitative estimate of drug-likeness (QED) is 0.439. The fraction of sp³-hybridized carbons (Fsp3) is 0.192. The van der Waals surface area contributed by atoms with Gasteiger partial charge in [-0.1, -0.05) is 24.3 Å². The molecular formula is C26H24FN5O2. The standard InChI is InChI=1S/C26H24FN5O2/c27-23-6-2-1-5-21(23)19-12-22(26(33)30-9-7-20-15-29-17-31-20)25-24(13-19)32(10-11-34-25)16-18-4-3-8-28-14-18/h1-6,8,12-15,17H,7,9-11,16H2,(H,29,31)(H,30,33). The Morgan fingerprint density at radius 1 is 1.15 bits per heavy atom. The van der Waals surface area contributed by atoms with Crippen LogP contribution in [0.15, 0.2) is 73.4 Å². The van der Waals surface area contributed by atoms with Gasteiger partial charge in [-0.2, -0.15) is 0 Å². The number of hydrogen-bond donors (Lipinski definition) is 2. The molecule has 172 valence electrons. The van der Waals surface area contributed by atoms with Crippen LogP contribution in [-0.2, 0) is 13.0 Å². The minimum absolute atomic E-state index is 0.266. The number of carbonyl (C=O) groups is 1. The van der Waals surface area contributed by atoms with E-state index in [0.717, 1.165) is 16.9 Å². The highest BCUT2D eigenvalue weighted by atomic mass is 19.1. The van der Waals surface area contributed by atoms with Crippen molar-refractivity contribution in [2.75, 3.05) is 24.6 Å². The topological polar surface area (TPSA) is 83.1 Å². The molecular weight excluding hydrogens is 433 g/mol. The Kier molecular flexibility index (Phi) is 6.20. The molecule has 0 spiro atoms. The van der Waals surface area contributed by atoms with Crippen LogP contribution in [0.2, 0.25) is 0 Å². The van der Waals surface area contributed by atoms with Crippen molar-refractivity contribution in [1.82, 2.24) is 20.3 Å². The molecule has 0 saturated heterocycles. The van der Waals surface area contributed by atoms with Crippen LogP contribution in [0, 0.1) is 5.82 Å². The molecule has 5 rings (SSSR count).